The molecule has 0 saturated heterocycles. The SMILES string of the molecule is Nc1c(C(=O)Nc2ccc(Br)cc2)sc2nc3c(cc12)CCCC3. The van der Waals surface area contributed by atoms with E-state index in [0.717, 1.165) is 38.9 Å². The van der Waals surface area contributed by atoms with Crippen molar-refractivity contribution in [3.63, 3.8) is 0 Å². The van der Waals surface area contributed by atoms with Crippen LogP contribution in [-0.4, -0.2) is 10.9 Å². The van der Waals surface area contributed by atoms with Crippen LogP contribution < -0.4 is 11.1 Å². The molecule has 0 saturated carbocycles. The fourth-order valence-electron chi connectivity index (χ4n) is 3.05. The van der Waals surface area contributed by atoms with Gasteiger partial charge < -0.3 is 11.1 Å². The van der Waals surface area contributed by atoms with E-state index < -0.39 is 0 Å². The number of aromatic nitrogens is 1. The third-order valence-electron chi connectivity index (χ3n) is 4.31. The van der Waals surface area contributed by atoms with Crippen LogP contribution in [-0.2, 0) is 12.8 Å². The van der Waals surface area contributed by atoms with E-state index in [9.17, 15) is 4.79 Å². The number of carbonyl (C=O) groups is 1. The van der Waals surface area contributed by atoms with Gasteiger partial charge in [0.2, 0.25) is 0 Å². The summed E-state index contributed by atoms with van der Waals surface area (Å²) in [4.78, 5) is 18.7. The van der Waals surface area contributed by atoms with Crippen LogP contribution >= 0.6 is 27.3 Å². The monoisotopic (exact) mass is 401 g/mol. The largest absolute Gasteiger partial charge is 0.397 e. The number of hydrogen-bond donors (Lipinski definition) is 2. The van der Waals surface area contributed by atoms with Crippen LogP contribution in [0.25, 0.3) is 10.2 Å². The number of pyridine rings is 1. The number of thiophene rings is 1. The van der Waals surface area contributed by atoms with Gasteiger partial charge in [0.25, 0.3) is 5.91 Å². The van der Waals surface area contributed by atoms with Gasteiger partial charge in [-0.25, -0.2) is 4.98 Å². The third kappa shape index (κ3) is 2.80. The molecular formula is C18H16BrN3OS. The quantitative estimate of drug-likeness (QED) is 0.649. The summed E-state index contributed by atoms with van der Waals surface area (Å²) in [6, 6.07) is 9.60. The van der Waals surface area contributed by atoms with E-state index in [1.54, 1.807) is 0 Å². The maximum atomic E-state index is 12.6. The molecule has 0 aliphatic heterocycles. The van der Waals surface area contributed by atoms with Crippen molar-refractivity contribution in [2.24, 2.45) is 0 Å². The summed E-state index contributed by atoms with van der Waals surface area (Å²) in [5, 5.41) is 3.80. The highest BCUT2D eigenvalue weighted by molar-refractivity contribution is 9.10. The molecule has 0 bridgehead atoms. The molecule has 0 radical (unpaired) electrons. The first-order valence-corrected chi connectivity index (χ1v) is 9.50. The van der Waals surface area contributed by atoms with Crippen LogP contribution in [0.5, 0.6) is 0 Å². The molecule has 6 heteroatoms. The molecule has 0 atom stereocenters. The molecule has 2 aromatic heterocycles. The summed E-state index contributed by atoms with van der Waals surface area (Å²) in [6.07, 6.45) is 4.45. The summed E-state index contributed by atoms with van der Waals surface area (Å²) in [5.41, 5.74) is 9.97. The molecule has 1 aliphatic rings. The minimum atomic E-state index is -0.184. The molecule has 3 aromatic rings. The molecule has 4 nitrogen and oxygen atoms in total. The Kier molecular flexibility index (Phi) is 4.02. The van der Waals surface area contributed by atoms with Gasteiger partial charge in [-0.05, 0) is 61.6 Å². The summed E-state index contributed by atoms with van der Waals surface area (Å²) in [7, 11) is 0. The second-order valence-corrected chi connectivity index (χ2v) is 7.87. The first-order chi connectivity index (χ1) is 11.6. The highest BCUT2D eigenvalue weighted by Crippen LogP contribution is 2.35. The number of anilines is 2. The lowest BCUT2D eigenvalue weighted by atomic mass is 9.95. The van der Waals surface area contributed by atoms with E-state index in [2.05, 4.69) is 27.3 Å². The molecule has 4 rings (SSSR count). The van der Waals surface area contributed by atoms with Gasteiger partial charge in [0, 0.05) is 21.2 Å². The first-order valence-electron chi connectivity index (χ1n) is 7.89. The van der Waals surface area contributed by atoms with Crippen LogP contribution in [0.2, 0.25) is 0 Å². The van der Waals surface area contributed by atoms with Gasteiger partial charge in [0.05, 0.1) is 5.69 Å². The number of nitrogen functional groups attached to an aromatic ring is 1. The van der Waals surface area contributed by atoms with Crippen molar-refractivity contribution < 1.29 is 4.79 Å². The molecule has 0 unspecified atom stereocenters. The van der Waals surface area contributed by atoms with Crippen LogP contribution in [0, 0.1) is 0 Å². The normalized spacial score (nSPS) is 13.7. The zero-order valence-electron chi connectivity index (χ0n) is 12.9. The van der Waals surface area contributed by atoms with Gasteiger partial charge in [-0.1, -0.05) is 15.9 Å². The van der Waals surface area contributed by atoms with Crippen molar-refractivity contribution in [1.29, 1.82) is 0 Å². The second-order valence-electron chi connectivity index (χ2n) is 5.96. The predicted octanol–water partition coefficient (Wildman–Crippen LogP) is 4.77. The van der Waals surface area contributed by atoms with Gasteiger partial charge in [0.1, 0.15) is 9.71 Å². The molecule has 3 N–H and O–H groups in total. The molecule has 122 valence electrons. The highest BCUT2D eigenvalue weighted by atomic mass is 79.9. The molecule has 0 fully saturated rings. The van der Waals surface area contributed by atoms with E-state index in [1.807, 2.05) is 24.3 Å². The number of nitrogens with two attached hydrogens (primary N) is 1. The zero-order valence-corrected chi connectivity index (χ0v) is 15.3. The molecule has 1 amide bonds. The van der Waals surface area contributed by atoms with E-state index in [4.69, 9.17) is 10.7 Å². The number of hydrogen-bond acceptors (Lipinski definition) is 4. The van der Waals surface area contributed by atoms with Crippen molar-refractivity contribution in [3.8, 4) is 0 Å². The lowest BCUT2D eigenvalue weighted by Gasteiger charge is -2.14. The van der Waals surface area contributed by atoms with Gasteiger partial charge in [-0.15, -0.1) is 11.3 Å². The maximum Gasteiger partial charge on any atom is 0.267 e. The number of carbonyl (C=O) groups excluding carboxylic acids is 1. The van der Waals surface area contributed by atoms with Crippen molar-refractivity contribution in [2.75, 3.05) is 11.1 Å². The van der Waals surface area contributed by atoms with E-state index in [-0.39, 0.29) is 5.91 Å². The smallest absolute Gasteiger partial charge is 0.267 e. The number of amides is 1. The Labute approximate surface area is 152 Å². The van der Waals surface area contributed by atoms with Crippen LogP contribution in [0.15, 0.2) is 34.8 Å². The summed E-state index contributed by atoms with van der Waals surface area (Å²) in [6.45, 7) is 0. The Balaban J connectivity index is 1.69. The van der Waals surface area contributed by atoms with E-state index >= 15 is 0 Å². The van der Waals surface area contributed by atoms with Gasteiger partial charge in [-0.3, -0.25) is 4.79 Å². The highest BCUT2D eigenvalue weighted by Gasteiger charge is 2.20. The predicted molar refractivity (Wildman–Crippen MR) is 103 cm³/mol. The second kappa shape index (κ2) is 6.18. The van der Waals surface area contributed by atoms with Crippen LogP contribution in [0.1, 0.15) is 33.8 Å². The maximum absolute atomic E-state index is 12.6. The number of halogens is 1. The van der Waals surface area contributed by atoms with E-state index in [1.165, 1.54) is 29.7 Å². The zero-order chi connectivity index (χ0) is 16.7. The number of rotatable bonds is 2. The van der Waals surface area contributed by atoms with Crippen LogP contribution in [0.4, 0.5) is 11.4 Å². The van der Waals surface area contributed by atoms with Crippen molar-refractivity contribution >= 4 is 54.8 Å². The summed E-state index contributed by atoms with van der Waals surface area (Å²) >= 11 is 4.75. The van der Waals surface area contributed by atoms with Gasteiger partial charge >= 0.3 is 0 Å². The number of benzene rings is 1. The molecular weight excluding hydrogens is 386 g/mol. The average Bonchev–Trinajstić information content (AvgIpc) is 2.91. The lowest BCUT2D eigenvalue weighted by molar-refractivity contribution is 0.103. The minimum absolute atomic E-state index is 0.184. The molecule has 2 heterocycles. The Hall–Kier alpha value is -1.92. The third-order valence-corrected chi connectivity index (χ3v) is 5.95. The molecule has 24 heavy (non-hydrogen) atoms. The van der Waals surface area contributed by atoms with E-state index in [0.29, 0.717) is 10.6 Å². The van der Waals surface area contributed by atoms with Gasteiger partial charge in [0.15, 0.2) is 0 Å². The number of nitrogens with zero attached hydrogens (tertiary/aromatic N) is 1. The molecule has 1 aliphatic carbocycles. The van der Waals surface area contributed by atoms with Gasteiger partial charge in [-0.2, -0.15) is 0 Å². The lowest BCUT2D eigenvalue weighted by Crippen LogP contribution is -2.11. The number of fused-ring (bicyclic) bond motifs is 2. The first kappa shape index (κ1) is 15.6. The van der Waals surface area contributed by atoms with Crippen molar-refractivity contribution in [3.05, 3.63) is 50.9 Å². The van der Waals surface area contributed by atoms with Crippen molar-refractivity contribution in [1.82, 2.24) is 4.98 Å². The number of aryl methyl sites for hydroxylation is 2. The minimum Gasteiger partial charge on any atom is -0.397 e. The average molecular weight is 402 g/mol. The Bertz CT molecular complexity index is 934. The number of nitrogens with one attached hydrogen (secondary N) is 1. The molecule has 1 aromatic carbocycles. The summed E-state index contributed by atoms with van der Waals surface area (Å²) in [5.74, 6) is -0.184. The summed E-state index contributed by atoms with van der Waals surface area (Å²) < 4.78 is 0.969. The standard InChI is InChI=1S/C18H16BrN3OS/c19-11-5-7-12(8-6-11)21-17(23)16-15(20)13-9-10-3-1-2-4-14(10)22-18(13)24-16/h5-9H,1-4,20H2,(H,21,23). The fraction of sp³-hybridized carbons (Fsp3) is 0.222. The Morgan fingerprint density at radius 1 is 1.21 bits per heavy atom. The molecule has 0 spiro atoms. The topological polar surface area (TPSA) is 68.0 Å². The van der Waals surface area contributed by atoms with Crippen LogP contribution in [0.3, 0.4) is 0 Å². The Morgan fingerprint density at radius 2 is 1.96 bits per heavy atom. The fourth-order valence-corrected chi connectivity index (χ4v) is 4.31. The van der Waals surface area contributed by atoms with Crippen molar-refractivity contribution in [2.45, 2.75) is 25.7 Å². The Morgan fingerprint density at radius 3 is 2.75 bits per heavy atom.